The molecule has 0 aromatic carbocycles. The predicted molar refractivity (Wildman–Crippen MR) is 67.3 cm³/mol. The van der Waals surface area contributed by atoms with E-state index in [1.165, 1.54) is 0 Å². The van der Waals surface area contributed by atoms with Gasteiger partial charge in [-0.05, 0) is 12.8 Å². The molecule has 2 heterocycles. The first-order chi connectivity index (χ1) is 8.24. The van der Waals surface area contributed by atoms with Crippen LogP contribution in [0.4, 0.5) is 5.82 Å². The Hall–Kier alpha value is -1.91. The normalized spacial score (nSPS) is 10.7. The Morgan fingerprint density at radius 2 is 2.12 bits per heavy atom. The van der Waals surface area contributed by atoms with Gasteiger partial charge in [0.15, 0.2) is 5.82 Å². The first-order valence-electron chi connectivity index (χ1n) is 5.88. The third kappa shape index (κ3) is 2.43. The Morgan fingerprint density at radius 1 is 1.29 bits per heavy atom. The van der Waals surface area contributed by atoms with Crippen molar-refractivity contribution in [2.45, 2.75) is 33.2 Å². The van der Waals surface area contributed by atoms with E-state index in [4.69, 9.17) is 5.73 Å². The number of hydrogen-bond donors (Lipinski definition) is 1. The number of hydrogen-bond acceptors (Lipinski definition) is 4. The van der Waals surface area contributed by atoms with Crippen LogP contribution in [0.2, 0.25) is 0 Å². The first kappa shape index (κ1) is 11.6. The predicted octanol–water partition coefficient (Wildman–Crippen LogP) is 1.89. The number of aryl methyl sites for hydroxylation is 2. The van der Waals surface area contributed by atoms with E-state index in [9.17, 15) is 0 Å². The summed E-state index contributed by atoms with van der Waals surface area (Å²) in [6.07, 6.45) is 5.48. The molecule has 0 aliphatic rings. The number of nitrogens with zero attached hydrogens (tertiary/aromatic N) is 4. The van der Waals surface area contributed by atoms with Crippen LogP contribution in [0, 0.1) is 0 Å². The SMILES string of the molecule is CCCn1cncc1-c1nc(N)cc(CC)n1. The molecule has 0 bridgehead atoms. The molecule has 0 saturated heterocycles. The third-order valence-corrected chi connectivity index (χ3v) is 2.57. The maximum atomic E-state index is 5.78. The molecule has 5 nitrogen and oxygen atoms in total. The maximum Gasteiger partial charge on any atom is 0.180 e. The molecule has 0 amide bonds. The monoisotopic (exact) mass is 231 g/mol. The van der Waals surface area contributed by atoms with Crippen molar-refractivity contribution < 1.29 is 0 Å². The second-order valence-electron chi connectivity index (χ2n) is 3.93. The van der Waals surface area contributed by atoms with Gasteiger partial charge in [-0.1, -0.05) is 13.8 Å². The summed E-state index contributed by atoms with van der Waals surface area (Å²) < 4.78 is 2.05. The molecule has 0 unspecified atom stereocenters. The van der Waals surface area contributed by atoms with Crippen molar-refractivity contribution in [1.82, 2.24) is 19.5 Å². The van der Waals surface area contributed by atoms with Crippen LogP contribution in [0.5, 0.6) is 0 Å². The minimum atomic E-state index is 0.510. The molecule has 2 rings (SSSR count). The van der Waals surface area contributed by atoms with Gasteiger partial charge in [0.2, 0.25) is 0 Å². The van der Waals surface area contributed by atoms with Gasteiger partial charge in [-0.3, -0.25) is 0 Å². The molecular formula is C12H17N5. The van der Waals surface area contributed by atoms with Crippen LogP contribution in [-0.2, 0) is 13.0 Å². The van der Waals surface area contributed by atoms with Crippen molar-refractivity contribution in [2.24, 2.45) is 0 Å². The highest BCUT2D eigenvalue weighted by Crippen LogP contribution is 2.17. The van der Waals surface area contributed by atoms with E-state index in [2.05, 4.69) is 28.8 Å². The second kappa shape index (κ2) is 4.95. The van der Waals surface area contributed by atoms with Gasteiger partial charge < -0.3 is 10.3 Å². The standard InChI is InChI=1S/C12H17N5/c1-3-5-17-8-14-7-10(17)12-15-9(4-2)6-11(13)16-12/h6-8H,3-5H2,1-2H3,(H2,13,15,16). The number of nitrogen functional groups attached to an aromatic ring is 1. The zero-order valence-electron chi connectivity index (χ0n) is 10.2. The van der Waals surface area contributed by atoms with E-state index in [0.717, 1.165) is 30.8 Å². The number of rotatable bonds is 4. The van der Waals surface area contributed by atoms with Crippen molar-refractivity contribution >= 4 is 5.82 Å². The van der Waals surface area contributed by atoms with Crippen LogP contribution in [0.25, 0.3) is 11.5 Å². The highest BCUT2D eigenvalue weighted by molar-refractivity contribution is 5.51. The minimum absolute atomic E-state index is 0.510. The molecule has 0 saturated carbocycles. The average Bonchev–Trinajstić information content (AvgIpc) is 2.77. The first-order valence-corrected chi connectivity index (χ1v) is 5.88. The molecule has 90 valence electrons. The smallest absolute Gasteiger partial charge is 0.180 e. The van der Waals surface area contributed by atoms with Gasteiger partial charge in [-0.25, -0.2) is 15.0 Å². The summed E-state index contributed by atoms with van der Waals surface area (Å²) in [5, 5.41) is 0. The molecule has 0 aliphatic heterocycles. The fourth-order valence-corrected chi connectivity index (χ4v) is 1.74. The Labute approximate surface area is 101 Å². The van der Waals surface area contributed by atoms with Crippen molar-refractivity contribution in [1.29, 1.82) is 0 Å². The number of nitrogens with two attached hydrogens (primary N) is 1. The van der Waals surface area contributed by atoms with Gasteiger partial charge in [-0.15, -0.1) is 0 Å². The lowest BCUT2D eigenvalue weighted by Crippen LogP contribution is -2.04. The largest absolute Gasteiger partial charge is 0.384 e. The Morgan fingerprint density at radius 3 is 2.82 bits per heavy atom. The summed E-state index contributed by atoms with van der Waals surface area (Å²) >= 11 is 0. The molecule has 2 aromatic heterocycles. The van der Waals surface area contributed by atoms with Crippen LogP contribution in [0.3, 0.4) is 0 Å². The van der Waals surface area contributed by atoms with Gasteiger partial charge in [0.05, 0.1) is 12.5 Å². The van der Waals surface area contributed by atoms with E-state index < -0.39 is 0 Å². The lowest BCUT2D eigenvalue weighted by molar-refractivity contribution is 0.681. The molecular weight excluding hydrogens is 214 g/mol. The summed E-state index contributed by atoms with van der Waals surface area (Å²) in [6, 6.07) is 1.81. The summed E-state index contributed by atoms with van der Waals surface area (Å²) in [5.74, 6) is 1.17. The van der Waals surface area contributed by atoms with Crippen molar-refractivity contribution in [3.05, 3.63) is 24.3 Å². The molecule has 0 atom stereocenters. The van der Waals surface area contributed by atoms with Crippen molar-refractivity contribution in [2.75, 3.05) is 5.73 Å². The van der Waals surface area contributed by atoms with E-state index in [1.54, 1.807) is 12.5 Å². The molecule has 17 heavy (non-hydrogen) atoms. The lowest BCUT2D eigenvalue weighted by Gasteiger charge is -2.07. The summed E-state index contributed by atoms with van der Waals surface area (Å²) in [4.78, 5) is 12.9. The molecule has 0 spiro atoms. The number of imidazole rings is 1. The van der Waals surface area contributed by atoms with Gasteiger partial charge in [0.25, 0.3) is 0 Å². The molecule has 0 radical (unpaired) electrons. The molecule has 2 N–H and O–H groups in total. The van der Waals surface area contributed by atoms with Crippen LogP contribution in [0.15, 0.2) is 18.6 Å². The lowest BCUT2D eigenvalue weighted by atomic mass is 10.3. The Kier molecular flexibility index (Phi) is 3.37. The highest BCUT2D eigenvalue weighted by Gasteiger charge is 2.09. The molecule has 2 aromatic rings. The van der Waals surface area contributed by atoms with Crippen LogP contribution in [0.1, 0.15) is 26.0 Å². The van der Waals surface area contributed by atoms with E-state index in [-0.39, 0.29) is 0 Å². The summed E-state index contributed by atoms with van der Waals surface area (Å²) in [6.45, 7) is 5.09. The van der Waals surface area contributed by atoms with Crippen molar-refractivity contribution in [3.63, 3.8) is 0 Å². The zero-order chi connectivity index (χ0) is 12.3. The van der Waals surface area contributed by atoms with E-state index >= 15 is 0 Å². The zero-order valence-corrected chi connectivity index (χ0v) is 10.2. The van der Waals surface area contributed by atoms with Gasteiger partial charge in [-0.2, -0.15) is 0 Å². The third-order valence-electron chi connectivity index (χ3n) is 2.57. The van der Waals surface area contributed by atoms with Crippen LogP contribution in [-0.4, -0.2) is 19.5 Å². The van der Waals surface area contributed by atoms with Crippen LogP contribution >= 0.6 is 0 Å². The topological polar surface area (TPSA) is 69.6 Å². The summed E-state index contributed by atoms with van der Waals surface area (Å²) in [5.41, 5.74) is 7.66. The fourth-order valence-electron chi connectivity index (χ4n) is 1.74. The minimum Gasteiger partial charge on any atom is -0.384 e. The highest BCUT2D eigenvalue weighted by atomic mass is 15.1. The molecule has 0 aliphatic carbocycles. The quantitative estimate of drug-likeness (QED) is 0.872. The average molecular weight is 231 g/mol. The number of aromatic nitrogens is 4. The second-order valence-corrected chi connectivity index (χ2v) is 3.93. The van der Waals surface area contributed by atoms with E-state index in [0.29, 0.717) is 11.6 Å². The maximum absolute atomic E-state index is 5.78. The van der Waals surface area contributed by atoms with Gasteiger partial charge in [0, 0.05) is 18.3 Å². The van der Waals surface area contributed by atoms with Gasteiger partial charge in [0.1, 0.15) is 11.5 Å². The summed E-state index contributed by atoms with van der Waals surface area (Å²) in [7, 11) is 0. The van der Waals surface area contributed by atoms with Gasteiger partial charge >= 0.3 is 0 Å². The molecule has 0 fully saturated rings. The Balaban J connectivity index is 2.44. The Bertz CT molecular complexity index is 503. The number of anilines is 1. The molecule has 5 heteroatoms. The van der Waals surface area contributed by atoms with Crippen LogP contribution < -0.4 is 5.73 Å². The van der Waals surface area contributed by atoms with Crippen molar-refractivity contribution in [3.8, 4) is 11.5 Å². The fraction of sp³-hybridized carbons (Fsp3) is 0.417. The van der Waals surface area contributed by atoms with E-state index in [1.807, 2.05) is 10.6 Å².